The second-order valence-electron chi connectivity index (χ2n) is 5.87. The number of hydrogen-bond acceptors (Lipinski definition) is 4. The second-order valence-corrected chi connectivity index (χ2v) is 5.87. The highest BCUT2D eigenvalue weighted by molar-refractivity contribution is 5.99. The lowest BCUT2D eigenvalue weighted by atomic mass is 10.0. The van der Waals surface area contributed by atoms with Gasteiger partial charge in [-0.3, -0.25) is 4.79 Å². The van der Waals surface area contributed by atoms with Crippen molar-refractivity contribution in [3.8, 4) is 5.69 Å². The van der Waals surface area contributed by atoms with Crippen molar-refractivity contribution in [2.75, 3.05) is 20.2 Å². The molecule has 0 unspecified atom stereocenters. The van der Waals surface area contributed by atoms with Crippen LogP contribution in [0.1, 0.15) is 33.6 Å². The Bertz CT molecular complexity index is 731. The highest BCUT2D eigenvalue weighted by atomic mass is 16.5. The van der Waals surface area contributed by atoms with Crippen LogP contribution in [0.3, 0.4) is 0 Å². The predicted octanol–water partition coefficient (Wildman–Crippen LogP) is 1.86. The molecule has 1 fully saturated rings. The third-order valence-corrected chi connectivity index (χ3v) is 4.24. The number of benzene rings is 1. The molecule has 2 heterocycles. The number of nitrogens with zero attached hydrogens (tertiary/aromatic N) is 2. The zero-order chi connectivity index (χ0) is 17.1. The molecule has 126 valence electrons. The largest absolute Gasteiger partial charge is 0.465 e. The Balaban J connectivity index is 1.95. The van der Waals surface area contributed by atoms with Crippen LogP contribution in [0, 0.1) is 0 Å². The quantitative estimate of drug-likeness (QED) is 0.873. The molecular weight excluding hydrogens is 308 g/mol. The molecule has 6 heteroatoms. The molecular formula is C18H20N2O4. The van der Waals surface area contributed by atoms with Gasteiger partial charge in [-0.2, -0.15) is 0 Å². The molecule has 0 atom stereocenters. The van der Waals surface area contributed by atoms with Gasteiger partial charge in [-0.15, -0.1) is 0 Å². The fourth-order valence-corrected chi connectivity index (χ4v) is 2.88. The van der Waals surface area contributed by atoms with E-state index in [1.54, 1.807) is 23.1 Å². The Labute approximate surface area is 140 Å². The Morgan fingerprint density at radius 1 is 1.08 bits per heavy atom. The summed E-state index contributed by atoms with van der Waals surface area (Å²) in [7, 11) is 1.32. The van der Waals surface area contributed by atoms with Crippen LogP contribution in [0.4, 0.5) is 0 Å². The number of carbonyl (C=O) groups is 2. The monoisotopic (exact) mass is 328 g/mol. The molecule has 1 aliphatic heterocycles. The van der Waals surface area contributed by atoms with Crippen molar-refractivity contribution in [2.45, 2.75) is 18.9 Å². The lowest BCUT2D eigenvalue weighted by molar-refractivity contribution is 0.0546. The van der Waals surface area contributed by atoms with Crippen molar-refractivity contribution in [3.63, 3.8) is 0 Å². The molecule has 1 amide bonds. The number of aliphatic hydroxyl groups is 1. The van der Waals surface area contributed by atoms with E-state index in [1.807, 2.05) is 29.1 Å². The number of rotatable bonds is 3. The van der Waals surface area contributed by atoms with Gasteiger partial charge in [-0.1, -0.05) is 0 Å². The fourth-order valence-electron chi connectivity index (χ4n) is 2.88. The number of aliphatic hydroxyl groups excluding tert-OH is 1. The minimum atomic E-state index is -0.480. The highest BCUT2D eigenvalue weighted by Crippen LogP contribution is 2.19. The van der Waals surface area contributed by atoms with E-state index in [1.165, 1.54) is 7.11 Å². The van der Waals surface area contributed by atoms with E-state index in [0.29, 0.717) is 37.1 Å². The zero-order valence-electron chi connectivity index (χ0n) is 13.5. The lowest BCUT2D eigenvalue weighted by Crippen LogP contribution is -2.40. The van der Waals surface area contributed by atoms with Crippen LogP contribution in [0.2, 0.25) is 0 Å². The number of amides is 1. The first kappa shape index (κ1) is 16.3. The van der Waals surface area contributed by atoms with Gasteiger partial charge < -0.3 is 19.3 Å². The molecule has 1 aromatic carbocycles. The van der Waals surface area contributed by atoms with E-state index >= 15 is 0 Å². The van der Waals surface area contributed by atoms with Crippen molar-refractivity contribution >= 4 is 11.9 Å². The summed E-state index contributed by atoms with van der Waals surface area (Å²) in [5.41, 5.74) is 1.50. The lowest BCUT2D eigenvalue weighted by Gasteiger charge is -2.29. The number of piperidine rings is 1. The van der Waals surface area contributed by atoms with Crippen LogP contribution in [0.25, 0.3) is 5.69 Å². The molecule has 1 N–H and O–H groups in total. The number of likely N-dealkylation sites (tertiary alicyclic amines) is 1. The molecule has 24 heavy (non-hydrogen) atoms. The zero-order valence-corrected chi connectivity index (χ0v) is 13.5. The Hall–Kier alpha value is -2.60. The van der Waals surface area contributed by atoms with E-state index in [0.717, 1.165) is 5.69 Å². The first-order valence-corrected chi connectivity index (χ1v) is 7.92. The van der Waals surface area contributed by atoms with E-state index in [9.17, 15) is 14.7 Å². The van der Waals surface area contributed by atoms with Crippen molar-refractivity contribution in [2.24, 2.45) is 0 Å². The molecule has 0 saturated carbocycles. The number of esters is 1. The standard InChI is InChI=1S/C18H20N2O4/c1-24-18(23)14-10-13(11-15(12-14)19-6-2-3-7-19)17(22)20-8-4-16(21)5-9-20/h2-3,6-7,10-12,16,21H,4-5,8-9H2,1H3. The van der Waals surface area contributed by atoms with Crippen LogP contribution >= 0.6 is 0 Å². The van der Waals surface area contributed by atoms with Gasteiger partial charge in [0.1, 0.15) is 0 Å². The molecule has 0 bridgehead atoms. The van der Waals surface area contributed by atoms with E-state index in [4.69, 9.17) is 4.74 Å². The SMILES string of the molecule is COC(=O)c1cc(C(=O)N2CCC(O)CC2)cc(-n2cccc2)c1. The summed E-state index contributed by atoms with van der Waals surface area (Å²) in [4.78, 5) is 26.4. The fraction of sp³-hybridized carbons (Fsp3) is 0.333. The van der Waals surface area contributed by atoms with Crippen LogP contribution in [0.5, 0.6) is 0 Å². The van der Waals surface area contributed by atoms with Crippen molar-refractivity contribution < 1.29 is 19.4 Å². The van der Waals surface area contributed by atoms with Crippen molar-refractivity contribution in [1.29, 1.82) is 0 Å². The number of methoxy groups -OCH3 is 1. The van der Waals surface area contributed by atoms with Crippen LogP contribution < -0.4 is 0 Å². The average Bonchev–Trinajstić information content (AvgIpc) is 3.15. The first-order chi connectivity index (χ1) is 11.6. The number of ether oxygens (including phenoxy) is 1. The molecule has 0 spiro atoms. The molecule has 2 aromatic rings. The summed E-state index contributed by atoms with van der Waals surface area (Å²) in [5.74, 6) is -0.617. The number of carbonyl (C=O) groups excluding carboxylic acids is 2. The minimum absolute atomic E-state index is 0.138. The maximum atomic E-state index is 12.8. The van der Waals surface area contributed by atoms with Crippen LogP contribution in [0.15, 0.2) is 42.7 Å². The van der Waals surface area contributed by atoms with Gasteiger partial charge in [0.05, 0.1) is 18.8 Å². The molecule has 0 aliphatic carbocycles. The molecule has 1 aliphatic rings. The first-order valence-electron chi connectivity index (χ1n) is 7.92. The maximum Gasteiger partial charge on any atom is 0.337 e. The van der Waals surface area contributed by atoms with Gasteiger partial charge in [-0.25, -0.2) is 4.79 Å². The van der Waals surface area contributed by atoms with Crippen molar-refractivity contribution in [1.82, 2.24) is 9.47 Å². The summed E-state index contributed by atoms with van der Waals surface area (Å²) in [6, 6.07) is 8.77. The molecule has 1 saturated heterocycles. The third kappa shape index (κ3) is 3.33. The van der Waals surface area contributed by atoms with Gasteiger partial charge in [0.25, 0.3) is 5.91 Å². The average molecular weight is 328 g/mol. The number of hydrogen-bond donors (Lipinski definition) is 1. The van der Waals surface area contributed by atoms with Gasteiger partial charge in [0.15, 0.2) is 0 Å². The van der Waals surface area contributed by atoms with Crippen molar-refractivity contribution in [3.05, 3.63) is 53.9 Å². The molecule has 6 nitrogen and oxygen atoms in total. The van der Waals surface area contributed by atoms with E-state index in [2.05, 4.69) is 0 Å². The van der Waals surface area contributed by atoms with Gasteiger partial charge >= 0.3 is 5.97 Å². The van der Waals surface area contributed by atoms with Crippen LogP contribution in [-0.4, -0.2) is 52.8 Å². The molecule has 3 rings (SSSR count). The number of aromatic nitrogens is 1. The summed E-state index contributed by atoms with van der Waals surface area (Å²) >= 11 is 0. The van der Waals surface area contributed by atoms with Crippen LogP contribution in [-0.2, 0) is 4.74 Å². The van der Waals surface area contributed by atoms with E-state index < -0.39 is 5.97 Å². The Kier molecular flexibility index (Phi) is 4.66. The molecule has 1 aromatic heterocycles. The topological polar surface area (TPSA) is 71.8 Å². The summed E-state index contributed by atoms with van der Waals surface area (Å²) < 4.78 is 6.63. The second kappa shape index (κ2) is 6.88. The van der Waals surface area contributed by atoms with Gasteiger partial charge in [0.2, 0.25) is 0 Å². The minimum Gasteiger partial charge on any atom is -0.465 e. The smallest absolute Gasteiger partial charge is 0.337 e. The Morgan fingerprint density at radius 3 is 2.33 bits per heavy atom. The van der Waals surface area contributed by atoms with Gasteiger partial charge in [0, 0.05) is 36.7 Å². The highest BCUT2D eigenvalue weighted by Gasteiger charge is 2.23. The Morgan fingerprint density at radius 2 is 1.71 bits per heavy atom. The molecule has 0 radical (unpaired) electrons. The van der Waals surface area contributed by atoms with Gasteiger partial charge in [-0.05, 0) is 43.2 Å². The maximum absolute atomic E-state index is 12.8. The third-order valence-electron chi connectivity index (χ3n) is 4.24. The van der Waals surface area contributed by atoms with E-state index in [-0.39, 0.29) is 12.0 Å². The summed E-state index contributed by atoms with van der Waals surface area (Å²) in [6.07, 6.45) is 4.51. The predicted molar refractivity (Wildman–Crippen MR) is 88.3 cm³/mol. The summed E-state index contributed by atoms with van der Waals surface area (Å²) in [5, 5.41) is 9.59. The normalized spacial score (nSPS) is 15.3. The summed E-state index contributed by atoms with van der Waals surface area (Å²) in [6.45, 7) is 1.03.